The quantitative estimate of drug-likeness (QED) is 0.884. The fraction of sp³-hybridized carbons (Fsp3) is 0.500. The van der Waals surface area contributed by atoms with E-state index in [1.807, 2.05) is 0 Å². The predicted octanol–water partition coefficient (Wildman–Crippen LogP) is 1.39. The van der Waals surface area contributed by atoms with Gasteiger partial charge in [-0.1, -0.05) is 12.5 Å². The molecule has 0 saturated carbocycles. The van der Waals surface area contributed by atoms with Crippen molar-refractivity contribution in [3.63, 3.8) is 0 Å². The smallest absolute Gasteiger partial charge is 0.246 e. The zero-order chi connectivity index (χ0) is 13.9. The molecule has 1 unspecified atom stereocenters. The van der Waals surface area contributed by atoms with Gasteiger partial charge in [0.15, 0.2) is 4.90 Å². The van der Waals surface area contributed by atoms with Gasteiger partial charge in [-0.2, -0.15) is 0 Å². The Balaban J connectivity index is 2.22. The highest BCUT2D eigenvalue weighted by Gasteiger charge is 2.26. The fourth-order valence-corrected chi connectivity index (χ4v) is 3.54. The lowest BCUT2D eigenvalue weighted by molar-refractivity contribution is 0.494. The van der Waals surface area contributed by atoms with Crippen molar-refractivity contribution in [2.75, 3.05) is 13.1 Å². The van der Waals surface area contributed by atoms with Gasteiger partial charge in [0.2, 0.25) is 10.0 Å². The lowest BCUT2D eigenvalue weighted by Crippen LogP contribution is -2.41. The maximum atomic E-state index is 13.5. The predicted molar refractivity (Wildman–Crippen MR) is 67.2 cm³/mol. The lowest BCUT2D eigenvalue weighted by atomic mass is 10.2. The van der Waals surface area contributed by atoms with Gasteiger partial charge >= 0.3 is 0 Å². The van der Waals surface area contributed by atoms with Gasteiger partial charge in [0.25, 0.3) is 0 Å². The van der Waals surface area contributed by atoms with E-state index < -0.39 is 26.6 Å². The molecule has 1 aliphatic rings. The average Bonchev–Trinajstić information content (AvgIpc) is 2.56. The van der Waals surface area contributed by atoms with E-state index in [2.05, 4.69) is 10.0 Å². The summed E-state index contributed by atoms with van der Waals surface area (Å²) in [4.78, 5) is -0.903. The molecule has 1 aromatic carbocycles. The third-order valence-corrected chi connectivity index (χ3v) is 4.63. The van der Waals surface area contributed by atoms with Gasteiger partial charge < -0.3 is 5.32 Å². The molecule has 1 aliphatic heterocycles. The van der Waals surface area contributed by atoms with Crippen LogP contribution in [-0.2, 0) is 10.0 Å². The maximum absolute atomic E-state index is 13.5. The Labute approximate surface area is 111 Å². The molecule has 0 amide bonds. The van der Waals surface area contributed by atoms with Crippen LogP contribution < -0.4 is 10.0 Å². The third kappa shape index (κ3) is 3.49. The van der Waals surface area contributed by atoms with Crippen LogP contribution in [0.1, 0.15) is 19.3 Å². The molecule has 0 aromatic heterocycles. The van der Waals surface area contributed by atoms with E-state index in [-0.39, 0.29) is 6.04 Å². The van der Waals surface area contributed by atoms with E-state index in [0.29, 0.717) is 13.0 Å². The fourth-order valence-electron chi connectivity index (χ4n) is 2.14. The van der Waals surface area contributed by atoms with Crippen molar-refractivity contribution in [3.05, 3.63) is 29.8 Å². The molecule has 2 rings (SSSR count). The van der Waals surface area contributed by atoms with Crippen LogP contribution in [0.15, 0.2) is 23.1 Å². The highest BCUT2D eigenvalue weighted by atomic mass is 32.2. The minimum Gasteiger partial charge on any atom is -0.315 e. The second-order valence-corrected chi connectivity index (χ2v) is 6.22. The molecule has 1 atom stereocenters. The number of halogens is 2. The Morgan fingerprint density at radius 1 is 1.21 bits per heavy atom. The van der Waals surface area contributed by atoms with Crippen LogP contribution in [0, 0.1) is 11.6 Å². The minimum atomic E-state index is -4.18. The van der Waals surface area contributed by atoms with E-state index in [4.69, 9.17) is 0 Å². The normalized spacial score (nSPS) is 21.1. The average molecular weight is 290 g/mol. The van der Waals surface area contributed by atoms with Crippen molar-refractivity contribution < 1.29 is 17.2 Å². The molecule has 0 aliphatic carbocycles. The summed E-state index contributed by atoms with van der Waals surface area (Å²) in [5, 5.41) is 3.09. The van der Waals surface area contributed by atoms with Crippen molar-refractivity contribution in [1.29, 1.82) is 0 Å². The molecule has 0 spiro atoms. The largest absolute Gasteiger partial charge is 0.315 e. The van der Waals surface area contributed by atoms with Gasteiger partial charge in [-0.3, -0.25) is 0 Å². The molecule has 106 valence electrons. The molecule has 7 heteroatoms. The SMILES string of the molecule is O=S(=O)(NC1CCCCNC1)c1c(F)cccc1F. The number of hydrogen-bond donors (Lipinski definition) is 2. The van der Waals surface area contributed by atoms with E-state index in [9.17, 15) is 17.2 Å². The van der Waals surface area contributed by atoms with Crippen LogP contribution in [0.4, 0.5) is 8.78 Å². The Morgan fingerprint density at radius 3 is 2.58 bits per heavy atom. The summed E-state index contributed by atoms with van der Waals surface area (Å²) in [6, 6.07) is 2.66. The first-order valence-corrected chi connectivity index (χ1v) is 7.66. The first kappa shape index (κ1) is 14.4. The van der Waals surface area contributed by atoms with Crippen molar-refractivity contribution in [2.45, 2.75) is 30.2 Å². The second kappa shape index (κ2) is 5.94. The summed E-state index contributed by atoms with van der Waals surface area (Å²) in [5.74, 6) is -2.15. The van der Waals surface area contributed by atoms with Crippen molar-refractivity contribution in [1.82, 2.24) is 10.0 Å². The molecule has 1 fully saturated rings. The molecule has 1 heterocycles. The molecule has 4 nitrogen and oxygen atoms in total. The molecule has 1 aromatic rings. The highest BCUT2D eigenvalue weighted by Crippen LogP contribution is 2.19. The number of hydrogen-bond acceptors (Lipinski definition) is 3. The lowest BCUT2D eigenvalue weighted by Gasteiger charge is -2.17. The van der Waals surface area contributed by atoms with Gasteiger partial charge in [0.1, 0.15) is 11.6 Å². The van der Waals surface area contributed by atoms with E-state index >= 15 is 0 Å². The van der Waals surface area contributed by atoms with Crippen LogP contribution in [0.5, 0.6) is 0 Å². The first-order valence-electron chi connectivity index (χ1n) is 6.18. The van der Waals surface area contributed by atoms with Gasteiger partial charge in [-0.15, -0.1) is 0 Å². The van der Waals surface area contributed by atoms with Gasteiger partial charge in [-0.05, 0) is 31.5 Å². The molecule has 0 bridgehead atoms. The second-order valence-electron chi connectivity index (χ2n) is 4.57. The third-order valence-electron chi connectivity index (χ3n) is 3.06. The molecule has 1 saturated heterocycles. The van der Waals surface area contributed by atoms with E-state index in [0.717, 1.165) is 37.6 Å². The standard InChI is InChI=1S/C12H16F2N2O2S/c13-10-5-3-6-11(14)12(10)19(17,18)16-9-4-1-2-7-15-8-9/h3,5-6,9,15-16H,1-2,4,7-8H2. The van der Waals surface area contributed by atoms with Crippen LogP contribution in [0.2, 0.25) is 0 Å². The summed E-state index contributed by atoms with van der Waals surface area (Å²) in [7, 11) is -4.18. The van der Waals surface area contributed by atoms with Crippen LogP contribution in [0.3, 0.4) is 0 Å². The van der Waals surface area contributed by atoms with Crippen molar-refractivity contribution in [2.24, 2.45) is 0 Å². The Kier molecular flexibility index (Phi) is 4.49. The molecule has 2 N–H and O–H groups in total. The minimum absolute atomic E-state index is 0.341. The van der Waals surface area contributed by atoms with Crippen molar-refractivity contribution in [3.8, 4) is 0 Å². The zero-order valence-electron chi connectivity index (χ0n) is 10.3. The monoisotopic (exact) mass is 290 g/mol. The summed E-state index contributed by atoms with van der Waals surface area (Å²) in [6.45, 7) is 1.29. The van der Waals surface area contributed by atoms with Gasteiger partial charge in [0.05, 0.1) is 0 Å². The zero-order valence-corrected chi connectivity index (χ0v) is 11.1. The van der Waals surface area contributed by atoms with Crippen LogP contribution in [0.25, 0.3) is 0 Å². The van der Waals surface area contributed by atoms with E-state index in [1.165, 1.54) is 0 Å². The van der Waals surface area contributed by atoms with E-state index in [1.54, 1.807) is 0 Å². The first-order chi connectivity index (χ1) is 9.00. The van der Waals surface area contributed by atoms with Gasteiger partial charge in [-0.25, -0.2) is 21.9 Å². The van der Waals surface area contributed by atoms with Crippen LogP contribution in [-0.4, -0.2) is 27.5 Å². The molecule has 0 radical (unpaired) electrons. The highest BCUT2D eigenvalue weighted by molar-refractivity contribution is 7.89. The Bertz CT molecular complexity index is 520. The molecular formula is C12H16F2N2O2S. The molecule has 19 heavy (non-hydrogen) atoms. The number of benzene rings is 1. The summed E-state index contributed by atoms with van der Waals surface area (Å²) in [5.41, 5.74) is 0. The van der Waals surface area contributed by atoms with Crippen molar-refractivity contribution >= 4 is 10.0 Å². The Morgan fingerprint density at radius 2 is 1.89 bits per heavy atom. The van der Waals surface area contributed by atoms with Gasteiger partial charge in [0, 0.05) is 12.6 Å². The molecular weight excluding hydrogens is 274 g/mol. The van der Waals surface area contributed by atoms with Crippen LogP contribution >= 0.6 is 0 Å². The maximum Gasteiger partial charge on any atom is 0.246 e. The summed E-state index contributed by atoms with van der Waals surface area (Å²) >= 11 is 0. The number of sulfonamides is 1. The summed E-state index contributed by atoms with van der Waals surface area (Å²) in [6.07, 6.45) is 2.49. The topological polar surface area (TPSA) is 58.2 Å². The summed E-state index contributed by atoms with van der Waals surface area (Å²) < 4.78 is 53.4. The number of nitrogens with one attached hydrogen (secondary N) is 2. The number of rotatable bonds is 3. The Hall–Kier alpha value is -1.05.